The van der Waals surface area contributed by atoms with Crippen molar-refractivity contribution in [1.29, 1.82) is 0 Å². The van der Waals surface area contributed by atoms with Crippen molar-refractivity contribution in [3.63, 3.8) is 0 Å². The largest absolute Gasteiger partial charge is 0.0812 e. The summed E-state index contributed by atoms with van der Waals surface area (Å²) >= 11 is 4.94. The van der Waals surface area contributed by atoms with Crippen LogP contribution < -0.4 is 0 Å². The molecule has 2 heteroatoms. The molecule has 0 nitrogen and oxygen atoms in total. The van der Waals surface area contributed by atoms with Crippen LogP contribution in [0.2, 0.25) is 0 Å². The lowest BCUT2D eigenvalue weighted by Gasteiger charge is -2.15. The Hall–Kier alpha value is -0.100. The van der Waals surface area contributed by atoms with Crippen LogP contribution in [0.1, 0.15) is 40.3 Å². The molecule has 0 saturated carbocycles. The molecule has 2 aromatic rings. The van der Waals surface area contributed by atoms with E-state index in [1.54, 1.807) is 0 Å². The summed E-state index contributed by atoms with van der Waals surface area (Å²) in [5, 5.41) is 0. The second-order valence-electron chi connectivity index (χ2n) is 5.62. The van der Waals surface area contributed by atoms with E-state index < -0.39 is 0 Å². The second-order valence-corrected chi connectivity index (χ2v) is 7.14. The lowest BCUT2D eigenvalue weighted by molar-refractivity contribution is 1.09. The highest BCUT2D eigenvalue weighted by Crippen LogP contribution is 2.30. The van der Waals surface area contributed by atoms with Crippen LogP contribution in [-0.2, 0) is 15.3 Å². The van der Waals surface area contributed by atoms with Crippen molar-refractivity contribution in [2.75, 3.05) is 0 Å². The van der Waals surface area contributed by atoms with Gasteiger partial charge < -0.3 is 0 Å². The van der Waals surface area contributed by atoms with Crippen LogP contribution in [0.3, 0.4) is 0 Å². The van der Waals surface area contributed by atoms with Gasteiger partial charge in [0.2, 0.25) is 0 Å². The van der Waals surface area contributed by atoms with E-state index in [-0.39, 0.29) is 0 Å². The SMILES string of the molecule is CCc1cc(-c2cc(CI)c(C)c(CI)c2)cc(C)c1C. The molecule has 0 radical (unpaired) electrons. The maximum atomic E-state index is 2.47. The van der Waals surface area contributed by atoms with Crippen molar-refractivity contribution in [2.24, 2.45) is 0 Å². The quantitative estimate of drug-likeness (QED) is 0.321. The minimum Gasteiger partial charge on any atom is -0.0812 e. The van der Waals surface area contributed by atoms with E-state index in [0.717, 1.165) is 15.3 Å². The summed E-state index contributed by atoms with van der Waals surface area (Å²) in [5.41, 5.74) is 11.4. The van der Waals surface area contributed by atoms with E-state index >= 15 is 0 Å². The lowest BCUT2D eigenvalue weighted by atomic mass is 9.92. The van der Waals surface area contributed by atoms with Crippen molar-refractivity contribution in [3.8, 4) is 11.1 Å². The van der Waals surface area contributed by atoms with Gasteiger partial charge in [-0.05, 0) is 71.7 Å². The van der Waals surface area contributed by atoms with Crippen LogP contribution in [0, 0.1) is 20.8 Å². The zero-order valence-corrected chi connectivity index (χ0v) is 17.5. The maximum Gasteiger partial charge on any atom is 0.0250 e. The Morgan fingerprint density at radius 1 is 0.714 bits per heavy atom. The van der Waals surface area contributed by atoms with Crippen LogP contribution >= 0.6 is 45.2 Å². The molecule has 0 atom stereocenters. The monoisotopic (exact) mass is 504 g/mol. The van der Waals surface area contributed by atoms with E-state index in [1.165, 1.54) is 44.5 Å². The number of alkyl halides is 2. The predicted molar refractivity (Wildman–Crippen MR) is 111 cm³/mol. The van der Waals surface area contributed by atoms with Crippen molar-refractivity contribution >= 4 is 45.2 Å². The summed E-state index contributed by atoms with van der Waals surface area (Å²) in [7, 11) is 0. The zero-order chi connectivity index (χ0) is 15.6. The first-order valence-electron chi connectivity index (χ1n) is 7.36. The standard InChI is InChI=1S/C19H22I2/c1-5-15-7-16(6-12(2)13(15)3)17-8-18(10-20)14(4)19(9-17)11-21/h6-9H,5,10-11H2,1-4H3. The smallest absolute Gasteiger partial charge is 0.0250 e. The topological polar surface area (TPSA) is 0 Å². The molecule has 0 bridgehead atoms. The molecule has 0 aromatic heterocycles. The third kappa shape index (κ3) is 3.63. The van der Waals surface area contributed by atoms with Crippen molar-refractivity contribution < 1.29 is 0 Å². The van der Waals surface area contributed by atoms with E-state index in [4.69, 9.17) is 0 Å². The molecular formula is C19H22I2. The molecule has 0 saturated heterocycles. The Labute approximate surface area is 156 Å². The van der Waals surface area contributed by atoms with Gasteiger partial charge in [-0.2, -0.15) is 0 Å². The molecule has 0 fully saturated rings. The predicted octanol–water partition coefficient (Wildman–Crippen LogP) is 6.71. The second kappa shape index (κ2) is 7.44. The highest BCUT2D eigenvalue weighted by Gasteiger charge is 2.10. The summed E-state index contributed by atoms with van der Waals surface area (Å²) in [6.45, 7) is 8.96. The minimum absolute atomic E-state index is 1.08. The van der Waals surface area contributed by atoms with Crippen LogP contribution in [0.15, 0.2) is 24.3 Å². The molecule has 0 aliphatic carbocycles. The summed E-state index contributed by atoms with van der Waals surface area (Å²) in [4.78, 5) is 0. The molecule has 0 aliphatic rings. The van der Waals surface area contributed by atoms with Crippen LogP contribution in [0.5, 0.6) is 0 Å². The van der Waals surface area contributed by atoms with E-state index in [0.29, 0.717) is 0 Å². The number of halogens is 2. The molecule has 2 aromatic carbocycles. The fraction of sp³-hybridized carbons (Fsp3) is 0.368. The number of hydrogen-bond donors (Lipinski definition) is 0. The Bertz CT molecular complexity index is 632. The van der Waals surface area contributed by atoms with Gasteiger partial charge in [-0.15, -0.1) is 0 Å². The molecule has 0 N–H and O–H groups in total. The summed E-state index contributed by atoms with van der Waals surface area (Å²) < 4.78 is 2.15. The Kier molecular flexibility index (Phi) is 6.12. The van der Waals surface area contributed by atoms with Gasteiger partial charge in [0.05, 0.1) is 0 Å². The van der Waals surface area contributed by atoms with Gasteiger partial charge in [-0.3, -0.25) is 0 Å². The Morgan fingerprint density at radius 3 is 1.67 bits per heavy atom. The number of benzene rings is 2. The van der Waals surface area contributed by atoms with E-state index in [9.17, 15) is 0 Å². The normalized spacial score (nSPS) is 11.0. The van der Waals surface area contributed by atoms with Gasteiger partial charge in [0.1, 0.15) is 0 Å². The summed E-state index contributed by atoms with van der Waals surface area (Å²) in [6, 6.07) is 9.47. The van der Waals surface area contributed by atoms with Crippen LogP contribution in [0.25, 0.3) is 11.1 Å². The molecule has 0 heterocycles. The lowest BCUT2D eigenvalue weighted by Crippen LogP contribution is -1.96. The molecule has 0 amide bonds. The maximum absolute atomic E-state index is 2.47. The summed E-state index contributed by atoms with van der Waals surface area (Å²) in [5.74, 6) is 0. The van der Waals surface area contributed by atoms with Crippen LogP contribution in [0.4, 0.5) is 0 Å². The van der Waals surface area contributed by atoms with Gasteiger partial charge in [0, 0.05) is 8.86 Å². The zero-order valence-electron chi connectivity index (χ0n) is 13.2. The van der Waals surface area contributed by atoms with E-state index in [2.05, 4.69) is 97.1 Å². The highest BCUT2D eigenvalue weighted by molar-refractivity contribution is 14.1. The van der Waals surface area contributed by atoms with Gasteiger partial charge in [-0.25, -0.2) is 0 Å². The Morgan fingerprint density at radius 2 is 1.19 bits per heavy atom. The number of hydrogen-bond acceptors (Lipinski definition) is 0. The first kappa shape index (κ1) is 17.3. The average Bonchev–Trinajstić information content (AvgIpc) is 2.50. The fourth-order valence-electron chi connectivity index (χ4n) is 2.75. The fourth-order valence-corrected chi connectivity index (χ4v) is 4.33. The van der Waals surface area contributed by atoms with Crippen molar-refractivity contribution in [3.05, 3.63) is 57.6 Å². The van der Waals surface area contributed by atoms with Crippen LogP contribution in [-0.4, -0.2) is 0 Å². The average molecular weight is 504 g/mol. The van der Waals surface area contributed by atoms with Gasteiger partial charge in [0.25, 0.3) is 0 Å². The molecule has 0 spiro atoms. The summed E-state index contributed by atoms with van der Waals surface area (Å²) in [6.07, 6.45) is 1.10. The first-order chi connectivity index (χ1) is 10.0. The molecule has 0 aliphatic heterocycles. The third-order valence-corrected chi connectivity index (χ3v) is 6.04. The third-order valence-electron chi connectivity index (χ3n) is 4.40. The van der Waals surface area contributed by atoms with Gasteiger partial charge in [0.15, 0.2) is 0 Å². The van der Waals surface area contributed by atoms with Crippen molar-refractivity contribution in [1.82, 2.24) is 0 Å². The molecule has 112 valence electrons. The van der Waals surface area contributed by atoms with Gasteiger partial charge >= 0.3 is 0 Å². The molecule has 21 heavy (non-hydrogen) atoms. The first-order valence-corrected chi connectivity index (χ1v) is 10.4. The highest BCUT2D eigenvalue weighted by atomic mass is 127. The van der Waals surface area contributed by atoms with Crippen molar-refractivity contribution in [2.45, 2.75) is 43.0 Å². The van der Waals surface area contributed by atoms with Gasteiger partial charge in [-0.1, -0.05) is 76.4 Å². The molecular weight excluding hydrogens is 482 g/mol. The molecule has 0 unspecified atom stereocenters. The Balaban J connectivity index is 2.64. The number of aryl methyl sites for hydroxylation is 2. The molecule has 2 rings (SSSR count). The minimum atomic E-state index is 1.08. The number of rotatable bonds is 4. The van der Waals surface area contributed by atoms with E-state index in [1.807, 2.05) is 0 Å².